The first kappa shape index (κ1) is 16.8. The zero-order valence-electron chi connectivity index (χ0n) is 12.2. The fraction of sp³-hybridized carbons (Fsp3) is 0.846. The van der Waals surface area contributed by atoms with Gasteiger partial charge in [-0.3, -0.25) is 9.59 Å². The molecule has 20 heavy (non-hydrogen) atoms. The quantitative estimate of drug-likeness (QED) is 0.863. The van der Waals surface area contributed by atoms with E-state index in [0.717, 1.165) is 0 Å². The van der Waals surface area contributed by atoms with Gasteiger partial charge in [-0.2, -0.15) is 13.2 Å². The Labute approximate surface area is 116 Å². The summed E-state index contributed by atoms with van der Waals surface area (Å²) in [5.74, 6) is -0.748. The number of amides is 2. The number of carbonyl (C=O) groups is 2. The highest BCUT2D eigenvalue weighted by Crippen LogP contribution is 2.26. The van der Waals surface area contributed by atoms with Gasteiger partial charge in [-0.25, -0.2) is 0 Å². The van der Waals surface area contributed by atoms with Crippen LogP contribution in [0.25, 0.3) is 0 Å². The lowest BCUT2D eigenvalue weighted by Crippen LogP contribution is -2.69. The van der Waals surface area contributed by atoms with Gasteiger partial charge in [0.05, 0.1) is 0 Å². The second-order valence-corrected chi connectivity index (χ2v) is 5.96. The van der Waals surface area contributed by atoms with Gasteiger partial charge in [0.15, 0.2) is 0 Å². The van der Waals surface area contributed by atoms with E-state index in [1.165, 1.54) is 4.90 Å². The van der Waals surface area contributed by atoms with Gasteiger partial charge >= 0.3 is 6.18 Å². The van der Waals surface area contributed by atoms with Crippen molar-refractivity contribution in [1.82, 2.24) is 10.2 Å². The number of alkyl halides is 3. The van der Waals surface area contributed by atoms with E-state index in [1.807, 2.05) is 0 Å². The number of rotatable bonds is 4. The normalized spacial score (nSPS) is 23.2. The van der Waals surface area contributed by atoms with E-state index in [9.17, 15) is 22.8 Å². The van der Waals surface area contributed by atoms with Crippen molar-refractivity contribution >= 4 is 11.8 Å². The topological polar surface area (TPSA) is 49.4 Å². The molecule has 1 aliphatic rings. The third-order valence-corrected chi connectivity index (χ3v) is 3.56. The Balaban J connectivity index is 2.82. The Kier molecular flexibility index (Phi) is 4.71. The number of hydrogen-bond donors (Lipinski definition) is 1. The molecule has 4 nitrogen and oxygen atoms in total. The summed E-state index contributed by atoms with van der Waals surface area (Å²) in [6.45, 7) is 6.60. The summed E-state index contributed by atoms with van der Waals surface area (Å²) >= 11 is 0. The van der Waals surface area contributed by atoms with Gasteiger partial charge < -0.3 is 10.2 Å². The zero-order valence-corrected chi connectivity index (χ0v) is 12.2. The van der Waals surface area contributed by atoms with Gasteiger partial charge in [0.1, 0.15) is 11.6 Å². The monoisotopic (exact) mass is 294 g/mol. The SMILES string of the molecule is CC(C)C1NC(=O)C(C)(C)N(CCCC(F)(F)F)C1=O. The molecule has 7 heteroatoms. The Bertz CT molecular complexity index is 392. The first-order valence-electron chi connectivity index (χ1n) is 6.66. The van der Waals surface area contributed by atoms with E-state index in [0.29, 0.717) is 0 Å². The lowest BCUT2D eigenvalue weighted by molar-refractivity contribution is -0.158. The predicted octanol–water partition coefficient (Wildman–Crippen LogP) is 2.09. The fourth-order valence-electron chi connectivity index (χ4n) is 2.22. The minimum atomic E-state index is -4.25. The van der Waals surface area contributed by atoms with Crippen molar-refractivity contribution in [2.75, 3.05) is 6.54 Å². The molecule has 1 rings (SSSR count). The van der Waals surface area contributed by atoms with Crippen molar-refractivity contribution in [2.24, 2.45) is 5.92 Å². The third-order valence-electron chi connectivity index (χ3n) is 3.56. The van der Waals surface area contributed by atoms with Crippen molar-refractivity contribution in [3.63, 3.8) is 0 Å². The van der Waals surface area contributed by atoms with Crippen LogP contribution in [0.1, 0.15) is 40.5 Å². The average molecular weight is 294 g/mol. The van der Waals surface area contributed by atoms with Crippen LogP contribution in [-0.2, 0) is 9.59 Å². The van der Waals surface area contributed by atoms with Gasteiger partial charge in [0.2, 0.25) is 11.8 Å². The Morgan fingerprint density at radius 1 is 1.30 bits per heavy atom. The van der Waals surface area contributed by atoms with Gasteiger partial charge in [0, 0.05) is 13.0 Å². The molecule has 0 saturated carbocycles. The molecule has 0 spiro atoms. The molecule has 2 amide bonds. The van der Waals surface area contributed by atoms with Gasteiger partial charge in [0.25, 0.3) is 0 Å². The first-order valence-corrected chi connectivity index (χ1v) is 6.66. The molecular weight excluding hydrogens is 273 g/mol. The van der Waals surface area contributed by atoms with Crippen LogP contribution in [0.2, 0.25) is 0 Å². The summed E-state index contributed by atoms with van der Waals surface area (Å²) in [5.41, 5.74) is -1.12. The Morgan fingerprint density at radius 2 is 1.85 bits per heavy atom. The average Bonchev–Trinajstić information content (AvgIpc) is 2.26. The summed E-state index contributed by atoms with van der Waals surface area (Å²) in [6, 6.07) is -0.665. The summed E-state index contributed by atoms with van der Waals surface area (Å²) in [7, 11) is 0. The molecule has 116 valence electrons. The van der Waals surface area contributed by atoms with Crippen molar-refractivity contribution in [3.8, 4) is 0 Å². The third kappa shape index (κ3) is 3.64. The Morgan fingerprint density at radius 3 is 2.30 bits per heavy atom. The highest BCUT2D eigenvalue weighted by atomic mass is 19.4. The maximum absolute atomic E-state index is 12.3. The molecule has 1 saturated heterocycles. The molecule has 0 bridgehead atoms. The van der Waals surface area contributed by atoms with Crippen LogP contribution < -0.4 is 5.32 Å². The summed E-state index contributed by atoms with van der Waals surface area (Å²) < 4.78 is 36.6. The van der Waals surface area contributed by atoms with Crippen molar-refractivity contribution < 1.29 is 22.8 Å². The maximum Gasteiger partial charge on any atom is 0.389 e. The zero-order chi connectivity index (χ0) is 15.7. The standard InChI is InChI=1S/C13H21F3N2O2/c1-8(2)9-10(19)18(7-5-6-13(14,15)16)12(3,4)11(20)17-9/h8-9H,5-7H2,1-4H3,(H,17,20). The maximum atomic E-state index is 12.3. The highest BCUT2D eigenvalue weighted by Gasteiger charge is 2.46. The summed E-state index contributed by atoms with van der Waals surface area (Å²) in [5, 5.41) is 2.64. The van der Waals surface area contributed by atoms with E-state index in [4.69, 9.17) is 0 Å². The molecule has 1 heterocycles. The van der Waals surface area contributed by atoms with Gasteiger partial charge in [-0.1, -0.05) is 13.8 Å². The van der Waals surface area contributed by atoms with Crippen molar-refractivity contribution in [1.29, 1.82) is 0 Å². The van der Waals surface area contributed by atoms with Crippen molar-refractivity contribution in [2.45, 2.75) is 58.3 Å². The van der Waals surface area contributed by atoms with Crippen LogP contribution >= 0.6 is 0 Å². The molecule has 0 aromatic heterocycles. The number of piperazine rings is 1. The summed E-state index contributed by atoms with van der Waals surface area (Å²) in [6.07, 6.45) is -5.40. The van der Waals surface area contributed by atoms with E-state index in [2.05, 4.69) is 5.32 Å². The smallest absolute Gasteiger partial charge is 0.342 e. The number of halogens is 3. The molecule has 1 aliphatic heterocycles. The molecule has 1 fully saturated rings. The fourth-order valence-corrected chi connectivity index (χ4v) is 2.22. The minimum absolute atomic E-state index is 0.0675. The first-order chi connectivity index (χ1) is 8.97. The predicted molar refractivity (Wildman–Crippen MR) is 67.8 cm³/mol. The molecule has 0 aromatic carbocycles. The summed E-state index contributed by atoms with van der Waals surface area (Å²) in [4.78, 5) is 25.6. The highest BCUT2D eigenvalue weighted by molar-refractivity contribution is 5.99. The Hall–Kier alpha value is -1.27. The minimum Gasteiger partial charge on any atom is -0.342 e. The largest absolute Gasteiger partial charge is 0.389 e. The molecule has 1 unspecified atom stereocenters. The van der Waals surface area contributed by atoms with Gasteiger partial charge in [-0.15, -0.1) is 0 Å². The van der Waals surface area contributed by atoms with Crippen LogP contribution in [0.5, 0.6) is 0 Å². The van der Waals surface area contributed by atoms with Crippen molar-refractivity contribution in [3.05, 3.63) is 0 Å². The van der Waals surface area contributed by atoms with E-state index >= 15 is 0 Å². The second kappa shape index (κ2) is 5.61. The second-order valence-electron chi connectivity index (χ2n) is 5.96. The molecule has 1 atom stereocenters. The molecule has 0 aromatic rings. The number of nitrogens with one attached hydrogen (secondary N) is 1. The van der Waals surface area contributed by atoms with Gasteiger partial charge in [-0.05, 0) is 26.2 Å². The van der Waals surface area contributed by atoms with Crippen LogP contribution in [0, 0.1) is 5.92 Å². The van der Waals surface area contributed by atoms with Crippen LogP contribution in [0.3, 0.4) is 0 Å². The van der Waals surface area contributed by atoms with Crippen LogP contribution in [0.4, 0.5) is 13.2 Å². The molecular formula is C13H21F3N2O2. The van der Waals surface area contributed by atoms with Crippen LogP contribution in [-0.4, -0.2) is 41.0 Å². The molecule has 0 radical (unpaired) electrons. The lowest BCUT2D eigenvalue weighted by atomic mass is 9.91. The number of carbonyl (C=O) groups excluding carboxylic acids is 2. The van der Waals surface area contributed by atoms with E-state index < -0.39 is 24.2 Å². The number of hydrogen-bond acceptors (Lipinski definition) is 2. The molecule has 1 N–H and O–H groups in total. The lowest BCUT2D eigenvalue weighted by Gasteiger charge is -2.45. The molecule has 0 aliphatic carbocycles. The van der Waals surface area contributed by atoms with Crippen LogP contribution in [0.15, 0.2) is 0 Å². The van der Waals surface area contributed by atoms with E-state index in [1.54, 1.807) is 27.7 Å². The number of nitrogens with zero attached hydrogens (tertiary/aromatic N) is 1. The van der Waals surface area contributed by atoms with E-state index in [-0.39, 0.29) is 30.7 Å².